The van der Waals surface area contributed by atoms with E-state index in [-0.39, 0.29) is 24.2 Å². The Labute approximate surface area is 219 Å². The van der Waals surface area contributed by atoms with E-state index in [1.807, 2.05) is 72.5 Å². The molecular formula is C27H28BrN5O3. The highest BCUT2D eigenvalue weighted by Crippen LogP contribution is 2.29. The fraction of sp³-hybridized carbons (Fsp3) is 0.333. The van der Waals surface area contributed by atoms with Gasteiger partial charge < -0.3 is 19.4 Å². The zero-order valence-corrected chi connectivity index (χ0v) is 21.7. The zero-order chi connectivity index (χ0) is 25.1. The van der Waals surface area contributed by atoms with Crippen LogP contribution in [0.25, 0.3) is 11.3 Å². The van der Waals surface area contributed by atoms with Crippen molar-refractivity contribution in [1.82, 2.24) is 15.1 Å². The monoisotopic (exact) mass is 549 g/mol. The molecule has 2 amide bonds. The Hall–Kier alpha value is -3.46. The van der Waals surface area contributed by atoms with E-state index >= 15 is 0 Å². The number of halogens is 1. The molecule has 186 valence electrons. The molecule has 2 saturated heterocycles. The second kappa shape index (κ2) is 10.7. The van der Waals surface area contributed by atoms with Gasteiger partial charge in [-0.05, 0) is 61.5 Å². The molecule has 1 aromatic heterocycles. The first-order valence-corrected chi connectivity index (χ1v) is 13.0. The van der Waals surface area contributed by atoms with E-state index in [4.69, 9.17) is 4.74 Å². The molecule has 2 aliphatic rings. The van der Waals surface area contributed by atoms with Gasteiger partial charge in [0.2, 0.25) is 11.8 Å². The number of aromatic nitrogens is 2. The molecule has 3 aromatic rings. The summed E-state index contributed by atoms with van der Waals surface area (Å²) in [4.78, 5) is 31.5. The van der Waals surface area contributed by atoms with Crippen LogP contribution in [-0.4, -0.2) is 66.2 Å². The maximum absolute atomic E-state index is 13.2. The summed E-state index contributed by atoms with van der Waals surface area (Å²) >= 11 is 3.45. The lowest BCUT2D eigenvalue weighted by atomic mass is 10.1. The van der Waals surface area contributed by atoms with E-state index < -0.39 is 0 Å². The van der Waals surface area contributed by atoms with Gasteiger partial charge in [0.25, 0.3) is 0 Å². The molecule has 36 heavy (non-hydrogen) atoms. The van der Waals surface area contributed by atoms with Gasteiger partial charge in [-0.15, -0.1) is 10.2 Å². The number of carbonyl (C=O) groups excluding carboxylic acids is 2. The van der Waals surface area contributed by atoms with Crippen molar-refractivity contribution in [3.05, 3.63) is 65.1 Å². The molecule has 0 saturated carbocycles. The van der Waals surface area contributed by atoms with Crippen molar-refractivity contribution in [3.8, 4) is 17.0 Å². The molecule has 0 bridgehead atoms. The lowest BCUT2D eigenvalue weighted by Crippen LogP contribution is -2.51. The summed E-state index contributed by atoms with van der Waals surface area (Å²) in [5.74, 6) is 1.37. The second-order valence-corrected chi connectivity index (χ2v) is 9.85. The van der Waals surface area contributed by atoms with Crippen molar-refractivity contribution in [2.45, 2.75) is 13.3 Å². The van der Waals surface area contributed by atoms with Gasteiger partial charge in [0.05, 0.1) is 18.2 Å². The summed E-state index contributed by atoms with van der Waals surface area (Å²) in [6.45, 7) is 5.58. The minimum Gasteiger partial charge on any atom is -0.494 e. The highest BCUT2D eigenvalue weighted by molar-refractivity contribution is 9.10. The van der Waals surface area contributed by atoms with E-state index in [2.05, 4.69) is 31.0 Å². The predicted octanol–water partition coefficient (Wildman–Crippen LogP) is 4.01. The highest BCUT2D eigenvalue weighted by atomic mass is 79.9. The van der Waals surface area contributed by atoms with Crippen LogP contribution in [0.4, 0.5) is 11.5 Å². The number of rotatable bonds is 6. The SMILES string of the molecule is CCOc1ccc(-c2ccc(N3CCN(C(=O)C4CC(=O)N(c5cccc(Br)c5)C4)CC3)nn2)cc1. The number of anilines is 2. The van der Waals surface area contributed by atoms with Crippen molar-refractivity contribution in [1.29, 1.82) is 0 Å². The Morgan fingerprint density at radius 3 is 2.47 bits per heavy atom. The van der Waals surface area contributed by atoms with Crippen molar-refractivity contribution in [2.75, 3.05) is 49.1 Å². The number of piperazine rings is 1. The van der Waals surface area contributed by atoms with Crippen molar-refractivity contribution >= 4 is 39.2 Å². The molecule has 2 aromatic carbocycles. The Morgan fingerprint density at radius 1 is 1.03 bits per heavy atom. The Kier molecular flexibility index (Phi) is 7.18. The predicted molar refractivity (Wildman–Crippen MR) is 142 cm³/mol. The van der Waals surface area contributed by atoms with Crippen LogP contribution in [0, 0.1) is 5.92 Å². The molecule has 0 spiro atoms. The molecule has 0 radical (unpaired) electrons. The first-order valence-electron chi connectivity index (χ1n) is 12.2. The van der Waals surface area contributed by atoms with E-state index in [1.165, 1.54) is 0 Å². The lowest BCUT2D eigenvalue weighted by molar-refractivity contribution is -0.136. The maximum atomic E-state index is 13.2. The fourth-order valence-corrected chi connectivity index (χ4v) is 5.10. The van der Waals surface area contributed by atoms with Crippen molar-refractivity contribution in [2.24, 2.45) is 5.92 Å². The number of hydrogen-bond acceptors (Lipinski definition) is 6. The van der Waals surface area contributed by atoms with E-state index in [0.717, 1.165) is 33.0 Å². The molecule has 2 aliphatic heterocycles. The van der Waals surface area contributed by atoms with Crippen LogP contribution in [0.15, 0.2) is 65.1 Å². The van der Waals surface area contributed by atoms with Crippen LogP contribution < -0.4 is 14.5 Å². The summed E-state index contributed by atoms with van der Waals surface area (Å²) in [5, 5.41) is 8.84. The van der Waals surface area contributed by atoms with Crippen LogP contribution in [-0.2, 0) is 9.59 Å². The van der Waals surface area contributed by atoms with Gasteiger partial charge >= 0.3 is 0 Å². The van der Waals surface area contributed by atoms with Gasteiger partial charge in [0.15, 0.2) is 5.82 Å². The minimum absolute atomic E-state index is 0.00650. The van der Waals surface area contributed by atoms with Crippen molar-refractivity contribution in [3.63, 3.8) is 0 Å². The molecule has 9 heteroatoms. The second-order valence-electron chi connectivity index (χ2n) is 8.93. The molecule has 3 heterocycles. The molecule has 5 rings (SSSR count). The quantitative estimate of drug-likeness (QED) is 0.462. The summed E-state index contributed by atoms with van der Waals surface area (Å²) in [6.07, 6.45) is 0.254. The Bertz CT molecular complexity index is 1230. The zero-order valence-electron chi connectivity index (χ0n) is 20.1. The number of carbonyl (C=O) groups is 2. The molecule has 8 nitrogen and oxygen atoms in total. The Balaban J connectivity index is 1.16. The van der Waals surface area contributed by atoms with E-state index in [9.17, 15) is 9.59 Å². The molecule has 0 N–H and O–H groups in total. The first-order chi connectivity index (χ1) is 17.5. The smallest absolute Gasteiger partial charge is 0.228 e. The molecular weight excluding hydrogens is 522 g/mol. The Morgan fingerprint density at radius 2 is 1.81 bits per heavy atom. The number of benzene rings is 2. The topological polar surface area (TPSA) is 78.9 Å². The number of nitrogens with zero attached hydrogens (tertiary/aromatic N) is 5. The minimum atomic E-state index is -0.309. The van der Waals surface area contributed by atoms with E-state index in [1.54, 1.807) is 4.90 Å². The average molecular weight is 550 g/mol. The van der Waals surface area contributed by atoms with Gasteiger partial charge in [-0.1, -0.05) is 22.0 Å². The fourth-order valence-electron chi connectivity index (χ4n) is 4.72. The number of amides is 2. The van der Waals surface area contributed by atoms with Gasteiger partial charge in [0, 0.05) is 54.9 Å². The van der Waals surface area contributed by atoms with E-state index in [0.29, 0.717) is 39.3 Å². The standard InChI is InChI=1S/C27H28BrN5O3/c1-2-36-23-8-6-19(7-9-23)24-10-11-25(30-29-24)31-12-14-32(15-13-31)27(35)20-16-26(34)33(18-20)22-5-3-4-21(28)17-22/h3-11,17,20H,2,12-16,18H2,1H3. The van der Waals surface area contributed by atoms with Crippen LogP contribution in [0.5, 0.6) is 5.75 Å². The molecule has 1 unspecified atom stereocenters. The summed E-state index contributed by atoms with van der Waals surface area (Å²) < 4.78 is 6.41. The third-order valence-electron chi connectivity index (χ3n) is 6.62. The van der Waals surface area contributed by atoms with Crippen LogP contribution in [0.3, 0.4) is 0 Å². The average Bonchev–Trinajstić information content (AvgIpc) is 3.31. The van der Waals surface area contributed by atoms with Crippen molar-refractivity contribution < 1.29 is 14.3 Å². The van der Waals surface area contributed by atoms with Gasteiger partial charge in [-0.3, -0.25) is 9.59 Å². The van der Waals surface area contributed by atoms with Gasteiger partial charge in [-0.2, -0.15) is 0 Å². The molecule has 2 fully saturated rings. The highest BCUT2D eigenvalue weighted by Gasteiger charge is 2.38. The van der Waals surface area contributed by atoms with Gasteiger partial charge in [-0.25, -0.2) is 0 Å². The summed E-state index contributed by atoms with van der Waals surface area (Å²) in [7, 11) is 0. The maximum Gasteiger partial charge on any atom is 0.228 e. The largest absolute Gasteiger partial charge is 0.494 e. The normalized spacial score (nSPS) is 18.0. The van der Waals surface area contributed by atoms with Crippen LogP contribution in [0.1, 0.15) is 13.3 Å². The summed E-state index contributed by atoms with van der Waals surface area (Å²) in [5.41, 5.74) is 2.61. The third kappa shape index (κ3) is 5.21. The first kappa shape index (κ1) is 24.2. The number of hydrogen-bond donors (Lipinski definition) is 0. The molecule has 0 aliphatic carbocycles. The van der Waals surface area contributed by atoms with Gasteiger partial charge in [0.1, 0.15) is 5.75 Å². The number of ether oxygens (including phenoxy) is 1. The lowest BCUT2D eigenvalue weighted by Gasteiger charge is -2.36. The summed E-state index contributed by atoms with van der Waals surface area (Å²) in [6, 6.07) is 19.4. The van der Waals surface area contributed by atoms with Crippen LogP contribution >= 0.6 is 15.9 Å². The van der Waals surface area contributed by atoms with Crippen LogP contribution in [0.2, 0.25) is 0 Å². The third-order valence-corrected chi connectivity index (χ3v) is 7.11. The molecule has 1 atom stereocenters.